The first-order valence-corrected chi connectivity index (χ1v) is 9.01. The van der Waals surface area contributed by atoms with Crippen molar-refractivity contribution in [3.8, 4) is 0 Å². The Kier molecular flexibility index (Phi) is 8.44. The molecule has 0 unspecified atom stereocenters. The molecule has 0 saturated carbocycles. The van der Waals surface area contributed by atoms with Crippen LogP contribution >= 0.6 is 35.6 Å². The summed E-state index contributed by atoms with van der Waals surface area (Å²) in [5.41, 5.74) is 2.36. The molecule has 3 rings (SSSR count). The van der Waals surface area contributed by atoms with Gasteiger partial charge in [-0.05, 0) is 48.2 Å². The van der Waals surface area contributed by atoms with E-state index < -0.39 is 0 Å². The smallest absolute Gasteiger partial charge is 0.191 e. The second-order valence-electron chi connectivity index (χ2n) is 6.12. The molecule has 1 aliphatic heterocycles. The minimum absolute atomic E-state index is 0. The number of halogens is 2. The van der Waals surface area contributed by atoms with Crippen molar-refractivity contribution in [2.75, 3.05) is 25.0 Å². The summed E-state index contributed by atoms with van der Waals surface area (Å²) in [4.78, 5) is 11.1. The third-order valence-corrected chi connectivity index (χ3v) is 4.55. The fourth-order valence-electron chi connectivity index (χ4n) is 2.88. The standard InChI is InChI=1S/C19H24ClN5.HI/c1-21-19(23-13-15-4-6-17(20)7-5-15)24-14-16-8-9-22-18(12-16)25-10-2-3-11-25;/h4-9,12H,2-3,10-11,13-14H2,1H3,(H2,21,23,24);1H. The number of nitrogens with one attached hydrogen (secondary N) is 2. The lowest BCUT2D eigenvalue weighted by Gasteiger charge is -2.17. The maximum absolute atomic E-state index is 5.91. The quantitative estimate of drug-likeness (QED) is 0.384. The molecule has 1 aliphatic rings. The van der Waals surface area contributed by atoms with Crippen molar-refractivity contribution >= 4 is 47.4 Å². The van der Waals surface area contributed by atoms with Crippen LogP contribution in [0.1, 0.15) is 24.0 Å². The number of pyridine rings is 1. The highest BCUT2D eigenvalue weighted by molar-refractivity contribution is 14.0. The molecule has 1 aromatic heterocycles. The normalized spacial score (nSPS) is 14.1. The zero-order valence-electron chi connectivity index (χ0n) is 14.9. The minimum atomic E-state index is 0. The van der Waals surface area contributed by atoms with E-state index >= 15 is 0 Å². The lowest BCUT2D eigenvalue weighted by molar-refractivity contribution is 0.807. The van der Waals surface area contributed by atoms with Gasteiger partial charge in [0.15, 0.2) is 5.96 Å². The highest BCUT2D eigenvalue weighted by atomic mass is 127. The van der Waals surface area contributed by atoms with E-state index in [9.17, 15) is 0 Å². The second kappa shape index (κ2) is 10.6. The third-order valence-electron chi connectivity index (χ3n) is 4.30. The van der Waals surface area contributed by atoms with Crippen LogP contribution in [0.2, 0.25) is 5.02 Å². The Hall–Kier alpha value is -1.54. The summed E-state index contributed by atoms with van der Waals surface area (Å²) in [5, 5.41) is 7.41. The van der Waals surface area contributed by atoms with Crippen LogP contribution in [0.4, 0.5) is 5.82 Å². The molecule has 2 aromatic rings. The van der Waals surface area contributed by atoms with E-state index in [1.165, 1.54) is 18.4 Å². The Labute approximate surface area is 177 Å². The van der Waals surface area contributed by atoms with E-state index in [0.717, 1.165) is 35.5 Å². The molecule has 7 heteroatoms. The summed E-state index contributed by atoms with van der Waals surface area (Å²) >= 11 is 5.91. The molecule has 5 nitrogen and oxygen atoms in total. The Bertz CT molecular complexity index is 714. The van der Waals surface area contributed by atoms with Gasteiger partial charge in [-0.1, -0.05) is 23.7 Å². The van der Waals surface area contributed by atoms with Crippen LogP contribution < -0.4 is 15.5 Å². The molecular formula is C19H25ClIN5. The van der Waals surface area contributed by atoms with Crippen molar-refractivity contribution in [2.24, 2.45) is 4.99 Å². The van der Waals surface area contributed by atoms with Crippen molar-refractivity contribution in [3.05, 3.63) is 58.7 Å². The van der Waals surface area contributed by atoms with E-state index in [2.05, 4.69) is 31.6 Å². The molecule has 2 heterocycles. The molecule has 1 aromatic carbocycles. The van der Waals surface area contributed by atoms with Crippen LogP contribution in [0.15, 0.2) is 47.6 Å². The molecule has 0 aliphatic carbocycles. The second-order valence-corrected chi connectivity index (χ2v) is 6.56. The van der Waals surface area contributed by atoms with Crippen molar-refractivity contribution < 1.29 is 0 Å². The zero-order chi connectivity index (χ0) is 17.5. The Morgan fingerprint density at radius 1 is 1.08 bits per heavy atom. The largest absolute Gasteiger partial charge is 0.357 e. The number of nitrogens with zero attached hydrogens (tertiary/aromatic N) is 3. The van der Waals surface area contributed by atoms with Gasteiger partial charge in [-0.2, -0.15) is 0 Å². The van der Waals surface area contributed by atoms with Gasteiger partial charge in [0.05, 0.1) is 0 Å². The van der Waals surface area contributed by atoms with E-state index in [-0.39, 0.29) is 24.0 Å². The predicted molar refractivity (Wildman–Crippen MR) is 120 cm³/mol. The zero-order valence-corrected chi connectivity index (χ0v) is 18.0. The number of hydrogen-bond donors (Lipinski definition) is 2. The fourth-order valence-corrected chi connectivity index (χ4v) is 3.01. The van der Waals surface area contributed by atoms with E-state index in [0.29, 0.717) is 13.1 Å². The highest BCUT2D eigenvalue weighted by Crippen LogP contribution is 2.18. The molecule has 0 radical (unpaired) electrons. The summed E-state index contributed by atoms with van der Waals surface area (Å²) in [7, 11) is 1.78. The van der Waals surface area contributed by atoms with Gasteiger partial charge in [0.2, 0.25) is 0 Å². The molecular weight excluding hydrogens is 461 g/mol. The average molecular weight is 486 g/mol. The summed E-state index contributed by atoms with van der Waals surface area (Å²) in [6.07, 6.45) is 4.39. The van der Waals surface area contributed by atoms with Crippen molar-refractivity contribution in [1.82, 2.24) is 15.6 Å². The minimum Gasteiger partial charge on any atom is -0.357 e. The van der Waals surface area contributed by atoms with E-state index in [1.54, 1.807) is 7.05 Å². The molecule has 0 spiro atoms. The van der Waals surface area contributed by atoms with Crippen molar-refractivity contribution in [2.45, 2.75) is 25.9 Å². The number of anilines is 1. The molecule has 140 valence electrons. The Balaban J connectivity index is 0.00000243. The summed E-state index contributed by atoms with van der Waals surface area (Å²) in [6, 6.07) is 12.0. The molecule has 1 saturated heterocycles. The number of guanidine groups is 1. The van der Waals surface area contributed by atoms with Gasteiger partial charge < -0.3 is 15.5 Å². The lowest BCUT2D eigenvalue weighted by atomic mass is 10.2. The van der Waals surface area contributed by atoms with E-state index in [4.69, 9.17) is 11.6 Å². The third kappa shape index (κ3) is 6.02. The highest BCUT2D eigenvalue weighted by Gasteiger charge is 2.13. The number of aromatic nitrogens is 1. The van der Waals surface area contributed by atoms with Crippen LogP contribution in [0.3, 0.4) is 0 Å². The van der Waals surface area contributed by atoms with Gasteiger partial charge in [0.25, 0.3) is 0 Å². The van der Waals surface area contributed by atoms with Gasteiger partial charge in [0.1, 0.15) is 5.82 Å². The Morgan fingerprint density at radius 3 is 2.38 bits per heavy atom. The van der Waals surface area contributed by atoms with E-state index in [1.807, 2.05) is 36.5 Å². The van der Waals surface area contributed by atoms with Gasteiger partial charge in [-0.25, -0.2) is 4.98 Å². The maximum atomic E-state index is 5.91. The monoisotopic (exact) mass is 485 g/mol. The van der Waals surface area contributed by atoms with Crippen LogP contribution in [0, 0.1) is 0 Å². The number of benzene rings is 1. The molecule has 2 N–H and O–H groups in total. The first-order valence-electron chi connectivity index (χ1n) is 8.63. The van der Waals surface area contributed by atoms with Crippen molar-refractivity contribution in [1.29, 1.82) is 0 Å². The summed E-state index contributed by atoms with van der Waals surface area (Å²) in [6.45, 7) is 3.62. The number of aliphatic imine (C=N–C) groups is 1. The Morgan fingerprint density at radius 2 is 1.73 bits per heavy atom. The first-order chi connectivity index (χ1) is 12.2. The molecule has 0 atom stereocenters. The van der Waals surface area contributed by atoms with Gasteiger partial charge in [-0.3, -0.25) is 4.99 Å². The predicted octanol–water partition coefficient (Wildman–Crippen LogP) is 3.82. The van der Waals surface area contributed by atoms with Gasteiger partial charge in [0, 0.05) is 44.4 Å². The fraction of sp³-hybridized carbons (Fsp3) is 0.368. The average Bonchev–Trinajstić information content (AvgIpc) is 3.18. The first kappa shape index (κ1) is 20.8. The summed E-state index contributed by atoms with van der Waals surface area (Å²) < 4.78 is 0. The van der Waals surface area contributed by atoms with Crippen LogP contribution in [-0.4, -0.2) is 31.1 Å². The van der Waals surface area contributed by atoms with Gasteiger partial charge in [-0.15, -0.1) is 24.0 Å². The molecule has 26 heavy (non-hydrogen) atoms. The number of rotatable bonds is 5. The SMILES string of the molecule is CN=C(NCc1ccc(Cl)cc1)NCc1ccnc(N2CCCC2)c1.I. The van der Waals surface area contributed by atoms with Crippen molar-refractivity contribution in [3.63, 3.8) is 0 Å². The van der Waals surface area contributed by atoms with Gasteiger partial charge >= 0.3 is 0 Å². The topological polar surface area (TPSA) is 52.6 Å². The maximum Gasteiger partial charge on any atom is 0.191 e. The molecule has 0 bridgehead atoms. The molecule has 1 fully saturated rings. The molecule has 0 amide bonds. The number of hydrogen-bond acceptors (Lipinski definition) is 3. The van der Waals surface area contributed by atoms with Crippen LogP contribution in [0.25, 0.3) is 0 Å². The lowest BCUT2D eigenvalue weighted by Crippen LogP contribution is -2.36. The van der Waals surface area contributed by atoms with Crippen LogP contribution in [-0.2, 0) is 13.1 Å². The van der Waals surface area contributed by atoms with Crippen LogP contribution in [0.5, 0.6) is 0 Å². The summed E-state index contributed by atoms with van der Waals surface area (Å²) in [5.74, 6) is 1.84.